The molecule has 0 radical (unpaired) electrons. The van der Waals surface area contributed by atoms with Gasteiger partial charge in [0.15, 0.2) is 6.61 Å². The molecule has 1 fully saturated rings. The highest BCUT2D eigenvalue weighted by atomic mass is 16.5. The summed E-state index contributed by atoms with van der Waals surface area (Å²) in [5, 5.41) is 2.59. The van der Waals surface area contributed by atoms with Crippen molar-refractivity contribution in [1.82, 2.24) is 10.2 Å². The molecule has 0 aromatic heterocycles. The van der Waals surface area contributed by atoms with Crippen LogP contribution < -0.4 is 5.32 Å². The lowest BCUT2D eigenvalue weighted by atomic mass is 9.85. The molecule has 2 rings (SSSR count). The van der Waals surface area contributed by atoms with Crippen molar-refractivity contribution in [2.24, 2.45) is 11.8 Å². The van der Waals surface area contributed by atoms with E-state index in [1.165, 1.54) is 0 Å². The van der Waals surface area contributed by atoms with E-state index in [0.717, 1.165) is 11.3 Å². The Morgan fingerprint density at radius 3 is 2.39 bits per heavy atom. The second-order valence-corrected chi connectivity index (χ2v) is 5.74. The molecule has 126 valence electrons. The number of carbonyl (C=O) groups is 4. The average molecular weight is 322 g/mol. The minimum Gasteiger partial charge on any atom is -0.456 e. The molecule has 1 saturated heterocycles. The van der Waals surface area contributed by atoms with Crippen LogP contribution in [0.3, 0.4) is 0 Å². The van der Waals surface area contributed by atoms with Crippen LogP contribution in [-0.4, -0.2) is 48.3 Å². The summed E-state index contributed by atoms with van der Waals surface area (Å²) < 4.78 is 4.84. The van der Waals surface area contributed by atoms with Crippen molar-refractivity contribution in [2.45, 2.75) is 32.6 Å². The number of fused-ring (bicyclic) bond motifs is 1. The molecule has 0 aromatic rings. The zero-order valence-corrected chi connectivity index (χ0v) is 13.2. The molecular formula is C16H22N2O5. The minimum absolute atomic E-state index is 0.0140. The van der Waals surface area contributed by atoms with Crippen molar-refractivity contribution in [1.29, 1.82) is 0 Å². The van der Waals surface area contributed by atoms with Gasteiger partial charge in [-0.1, -0.05) is 19.1 Å². The largest absolute Gasteiger partial charge is 0.456 e. The molecule has 1 aliphatic heterocycles. The summed E-state index contributed by atoms with van der Waals surface area (Å²) >= 11 is 0. The molecule has 2 aliphatic rings. The summed E-state index contributed by atoms with van der Waals surface area (Å²) in [7, 11) is 0. The van der Waals surface area contributed by atoms with Gasteiger partial charge in [0.25, 0.3) is 5.91 Å². The monoisotopic (exact) mass is 322 g/mol. The lowest BCUT2D eigenvalue weighted by Gasteiger charge is -2.14. The van der Waals surface area contributed by atoms with Crippen LogP contribution in [0.1, 0.15) is 32.6 Å². The third kappa shape index (κ3) is 4.18. The Bertz CT molecular complexity index is 503. The fraction of sp³-hybridized carbons (Fsp3) is 0.625. The highest BCUT2D eigenvalue weighted by molar-refractivity contribution is 6.05. The third-order valence-electron chi connectivity index (χ3n) is 4.07. The molecule has 7 heteroatoms. The van der Waals surface area contributed by atoms with E-state index in [1.807, 2.05) is 19.1 Å². The highest BCUT2D eigenvalue weighted by Gasteiger charge is 2.46. The van der Waals surface area contributed by atoms with Gasteiger partial charge < -0.3 is 10.1 Å². The molecular weight excluding hydrogens is 300 g/mol. The van der Waals surface area contributed by atoms with Gasteiger partial charge in [-0.15, -0.1) is 0 Å². The Morgan fingerprint density at radius 2 is 1.83 bits per heavy atom. The Balaban J connectivity index is 1.75. The van der Waals surface area contributed by atoms with Gasteiger partial charge in [0.1, 0.15) is 0 Å². The van der Waals surface area contributed by atoms with Crippen LogP contribution >= 0.6 is 0 Å². The number of rotatable bonds is 7. The van der Waals surface area contributed by atoms with Crippen molar-refractivity contribution in [3.8, 4) is 0 Å². The number of nitrogens with one attached hydrogen (secondary N) is 1. The summed E-state index contributed by atoms with van der Waals surface area (Å²) in [5.41, 5.74) is 0. The molecule has 1 heterocycles. The lowest BCUT2D eigenvalue weighted by Crippen LogP contribution is -2.34. The summed E-state index contributed by atoms with van der Waals surface area (Å²) in [4.78, 5) is 48.5. The van der Waals surface area contributed by atoms with E-state index < -0.39 is 5.97 Å². The quantitative estimate of drug-likeness (QED) is 0.416. The van der Waals surface area contributed by atoms with Gasteiger partial charge in [-0.25, -0.2) is 0 Å². The molecule has 0 bridgehead atoms. The van der Waals surface area contributed by atoms with E-state index in [9.17, 15) is 19.2 Å². The number of imide groups is 1. The second kappa shape index (κ2) is 7.89. The Kier molecular flexibility index (Phi) is 5.90. The molecule has 1 N–H and O–H groups in total. The molecule has 1 aliphatic carbocycles. The number of hydrogen-bond donors (Lipinski definition) is 1. The van der Waals surface area contributed by atoms with E-state index in [2.05, 4.69) is 5.32 Å². The zero-order chi connectivity index (χ0) is 16.8. The van der Waals surface area contributed by atoms with Gasteiger partial charge >= 0.3 is 5.97 Å². The van der Waals surface area contributed by atoms with Crippen LogP contribution in [0, 0.1) is 11.8 Å². The predicted molar refractivity (Wildman–Crippen MR) is 81.0 cm³/mol. The van der Waals surface area contributed by atoms with Gasteiger partial charge in [0, 0.05) is 13.1 Å². The van der Waals surface area contributed by atoms with E-state index in [-0.39, 0.29) is 49.1 Å². The Labute approximate surface area is 135 Å². The van der Waals surface area contributed by atoms with E-state index in [0.29, 0.717) is 19.4 Å². The summed E-state index contributed by atoms with van der Waals surface area (Å²) in [6, 6.07) is 0. The van der Waals surface area contributed by atoms with Crippen LogP contribution in [0.4, 0.5) is 0 Å². The first-order valence-corrected chi connectivity index (χ1v) is 7.97. The van der Waals surface area contributed by atoms with Crippen LogP contribution in [0.2, 0.25) is 0 Å². The molecule has 2 atom stereocenters. The van der Waals surface area contributed by atoms with Crippen molar-refractivity contribution < 1.29 is 23.9 Å². The first kappa shape index (κ1) is 17.2. The third-order valence-corrected chi connectivity index (χ3v) is 4.07. The molecule has 3 amide bonds. The number of ether oxygens (including phenoxy) is 1. The van der Waals surface area contributed by atoms with E-state index in [1.54, 1.807) is 0 Å². The van der Waals surface area contributed by atoms with Crippen molar-refractivity contribution in [3.63, 3.8) is 0 Å². The predicted octanol–water partition coefficient (Wildman–Crippen LogP) is 0.397. The molecule has 7 nitrogen and oxygen atoms in total. The number of amides is 3. The average Bonchev–Trinajstić information content (AvgIpc) is 2.80. The van der Waals surface area contributed by atoms with Crippen LogP contribution in [-0.2, 0) is 23.9 Å². The first-order valence-electron chi connectivity index (χ1n) is 7.97. The van der Waals surface area contributed by atoms with E-state index in [4.69, 9.17) is 4.74 Å². The molecule has 0 spiro atoms. The second-order valence-electron chi connectivity index (χ2n) is 5.74. The summed E-state index contributed by atoms with van der Waals surface area (Å²) in [5.74, 6) is -1.95. The minimum atomic E-state index is -0.592. The van der Waals surface area contributed by atoms with Gasteiger partial charge in [0.2, 0.25) is 11.8 Å². The topological polar surface area (TPSA) is 92.8 Å². The Morgan fingerprint density at radius 1 is 1.22 bits per heavy atom. The van der Waals surface area contributed by atoms with Crippen molar-refractivity contribution >= 4 is 23.7 Å². The molecule has 0 saturated carbocycles. The fourth-order valence-electron chi connectivity index (χ4n) is 2.83. The number of nitrogens with zero attached hydrogens (tertiary/aromatic N) is 1. The highest BCUT2D eigenvalue weighted by Crippen LogP contribution is 2.34. The van der Waals surface area contributed by atoms with Crippen LogP contribution in [0.15, 0.2) is 12.2 Å². The van der Waals surface area contributed by atoms with Crippen molar-refractivity contribution in [2.75, 3.05) is 19.7 Å². The fourth-order valence-corrected chi connectivity index (χ4v) is 2.83. The van der Waals surface area contributed by atoms with Gasteiger partial charge in [0.05, 0.1) is 18.3 Å². The van der Waals surface area contributed by atoms with Gasteiger partial charge in [-0.3, -0.25) is 24.1 Å². The van der Waals surface area contributed by atoms with Crippen LogP contribution in [0.5, 0.6) is 0 Å². The van der Waals surface area contributed by atoms with Gasteiger partial charge in [-0.05, 0) is 19.3 Å². The normalized spacial score (nSPS) is 22.9. The number of likely N-dealkylation sites (tertiary alicyclic amines) is 1. The number of carbonyl (C=O) groups excluding carboxylic acids is 4. The zero-order valence-electron chi connectivity index (χ0n) is 13.2. The Hall–Kier alpha value is -2.18. The maximum atomic E-state index is 12.2. The van der Waals surface area contributed by atoms with Crippen LogP contribution in [0.25, 0.3) is 0 Å². The summed E-state index contributed by atoms with van der Waals surface area (Å²) in [6.07, 6.45) is 5.70. The summed E-state index contributed by atoms with van der Waals surface area (Å²) in [6.45, 7) is 2.13. The lowest BCUT2D eigenvalue weighted by molar-refractivity contribution is -0.149. The standard InChI is InChI=1S/C16H22N2O5/c1-2-8-17-13(19)10-23-14(20)7-9-18-15(21)11-5-3-4-6-12(11)16(18)22/h3-4,11-12H,2,5-10H2,1H3,(H,17,19)/t11-,12-/m1/s1. The smallest absolute Gasteiger partial charge is 0.308 e. The number of hydrogen-bond acceptors (Lipinski definition) is 5. The molecule has 23 heavy (non-hydrogen) atoms. The number of esters is 1. The van der Waals surface area contributed by atoms with Crippen molar-refractivity contribution in [3.05, 3.63) is 12.2 Å². The maximum absolute atomic E-state index is 12.2. The molecule has 0 aromatic carbocycles. The van der Waals surface area contributed by atoms with E-state index >= 15 is 0 Å². The molecule has 0 unspecified atom stereocenters. The van der Waals surface area contributed by atoms with Gasteiger partial charge in [-0.2, -0.15) is 0 Å². The first-order chi connectivity index (χ1) is 11.0. The number of allylic oxidation sites excluding steroid dienone is 2. The maximum Gasteiger partial charge on any atom is 0.308 e. The SMILES string of the molecule is CCCNC(=O)COC(=O)CCN1C(=O)[C@@H]2CC=CC[C@H]2C1=O.